The first-order chi connectivity index (χ1) is 14.6. The number of carbonyl (C=O) groups is 1. The molecular weight excluding hydrogens is 378 g/mol. The lowest BCUT2D eigenvalue weighted by atomic mass is 10.2. The number of hydrogen-bond acceptors (Lipinski definition) is 5. The summed E-state index contributed by atoms with van der Waals surface area (Å²) in [6.07, 6.45) is 2.76. The van der Waals surface area contributed by atoms with Crippen molar-refractivity contribution in [3.8, 4) is 11.5 Å². The third-order valence-electron chi connectivity index (χ3n) is 5.71. The molecule has 6 nitrogen and oxygen atoms in total. The van der Waals surface area contributed by atoms with Crippen LogP contribution in [0.2, 0.25) is 0 Å². The van der Waals surface area contributed by atoms with Gasteiger partial charge in [0, 0.05) is 45.0 Å². The zero-order chi connectivity index (χ0) is 20.8. The highest BCUT2D eigenvalue weighted by Gasteiger charge is 2.23. The van der Waals surface area contributed by atoms with Gasteiger partial charge in [0.05, 0.1) is 12.6 Å². The van der Waals surface area contributed by atoms with Crippen LogP contribution in [0.3, 0.4) is 0 Å². The van der Waals surface area contributed by atoms with Crippen molar-refractivity contribution in [3.63, 3.8) is 0 Å². The molecule has 4 rings (SSSR count). The summed E-state index contributed by atoms with van der Waals surface area (Å²) < 4.78 is 11.6. The summed E-state index contributed by atoms with van der Waals surface area (Å²) >= 11 is 0. The highest BCUT2D eigenvalue weighted by molar-refractivity contribution is 5.92. The first kappa shape index (κ1) is 20.8. The molecule has 0 aliphatic carbocycles. The maximum atomic E-state index is 12.4. The average Bonchev–Trinajstić information content (AvgIpc) is 3.26. The van der Waals surface area contributed by atoms with Gasteiger partial charge in [0.25, 0.3) is 0 Å². The van der Waals surface area contributed by atoms with Gasteiger partial charge in [-0.1, -0.05) is 17.7 Å². The fourth-order valence-electron chi connectivity index (χ4n) is 3.96. The lowest BCUT2D eigenvalue weighted by molar-refractivity contribution is -0.117. The van der Waals surface area contributed by atoms with E-state index in [0.717, 1.165) is 56.5 Å². The van der Waals surface area contributed by atoms with Gasteiger partial charge in [0.1, 0.15) is 11.5 Å². The molecule has 1 atom stereocenters. The zero-order valence-electron chi connectivity index (χ0n) is 17.7. The first-order valence-corrected chi connectivity index (χ1v) is 10.8. The Kier molecular flexibility index (Phi) is 7.00. The van der Waals surface area contributed by atoms with Crippen LogP contribution in [0.1, 0.15) is 18.4 Å². The van der Waals surface area contributed by atoms with Gasteiger partial charge in [-0.3, -0.25) is 14.6 Å². The summed E-state index contributed by atoms with van der Waals surface area (Å²) in [5.41, 5.74) is 1.98. The zero-order valence-corrected chi connectivity index (χ0v) is 17.7. The quantitative estimate of drug-likeness (QED) is 0.758. The smallest absolute Gasteiger partial charge is 0.238 e. The number of hydrogen-bond donors (Lipinski definition) is 1. The van der Waals surface area contributed by atoms with Crippen LogP contribution < -0.4 is 10.1 Å². The molecule has 2 saturated heterocycles. The van der Waals surface area contributed by atoms with Crippen LogP contribution in [0.5, 0.6) is 11.5 Å². The van der Waals surface area contributed by atoms with Crippen LogP contribution in [0, 0.1) is 6.92 Å². The SMILES string of the molecule is Cc1ccc(Oc2ccc(NC(=O)CN3CCN(C[C@H]4CCCO4)CC3)cc2)cc1. The Bertz CT molecular complexity index is 809. The van der Waals surface area contributed by atoms with E-state index < -0.39 is 0 Å². The molecule has 160 valence electrons. The van der Waals surface area contributed by atoms with Crippen molar-refractivity contribution in [2.75, 3.05) is 51.2 Å². The van der Waals surface area contributed by atoms with Gasteiger partial charge in [0.15, 0.2) is 0 Å². The van der Waals surface area contributed by atoms with Crippen LogP contribution in [0.25, 0.3) is 0 Å². The van der Waals surface area contributed by atoms with E-state index in [1.807, 2.05) is 55.5 Å². The third-order valence-corrected chi connectivity index (χ3v) is 5.71. The van der Waals surface area contributed by atoms with Gasteiger partial charge in [-0.05, 0) is 56.2 Å². The topological polar surface area (TPSA) is 54.0 Å². The van der Waals surface area contributed by atoms with E-state index in [0.29, 0.717) is 12.6 Å². The van der Waals surface area contributed by atoms with Crippen LogP contribution >= 0.6 is 0 Å². The number of rotatable bonds is 7. The Balaban J connectivity index is 1.19. The minimum atomic E-state index is 0.0229. The maximum Gasteiger partial charge on any atom is 0.238 e. The minimum Gasteiger partial charge on any atom is -0.457 e. The van der Waals surface area contributed by atoms with Crippen LogP contribution in [-0.4, -0.2) is 67.7 Å². The predicted octanol–water partition coefficient (Wildman–Crippen LogP) is 3.52. The van der Waals surface area contributed by atoms with Gasteiger partial charge >= 0.3 is 0 Å². The highest BCUT2D eigenvalue weighted by Crippen LogP contribution is 2.23. The number of ether oxygens (including phenoxy) is 2. The first-order valence-electron chi connectivity index (χ1n) is 10.8. The van der Waals surface area contributed by atoms with E-state index in [4.69, 9.17) is 9.47 Å². The fourth-order valence-corrected chi connectivity index (χ4v) is 3.96. The number of piperazine rings is 1. The van der Waals surface area contributed by atoms with Crippen molar-refractivity contribution < 1.29 is 14.3 Å². The van der Waals surface area contributed by atoms with Crippen molar-refractivity contribution in [1.29, 1.82) is 0 Å². The Labute approximate surface area is 178 Å². The van der Waals surface area contributed by atoms with Crippen molar-refractivity contribution in [2.24, 2.45) is 0 Å². The molecule has 2 aliphatic heterocycles. The summed E-state index contributed by atoms with van der Waals surface area (Å²) in [6, 6.07) is 15.4. The number of amides is 1. The largest absolute Gasteiger partial charge is 0.457 e. The van der Waals surface area contributed by atoms with Crippen LogP contribution in [-0.2, 0) is 9.53 Å². The molecule has 0 bridgehead atoms. The number of benzene rings is 2. The second-order valence-corrected chi connectivity index (χ2v) is 8.20. The van der Waals surface area contributed by atoms with Crippen molar-refractivity contribution in [2.45, 2.75) is 25.9 Å². The van der Waals surface area contributed by atoms with E-state index in [-0.39, 0.29) is 5.91 Å². The number of nitrogens with one attached hydrogen (secondary N) is 1. The molecule has 0 radical (unpaired) electrons. The number of anilines is 1. The predicted molar refractivity (Wildman–Crippen MR) is 118 cm³/mol. The van der Waals surface area contributed by atoms with Gasteiger partial charge in [-0.2, -0.15) is 0 Å². The van der Waals surface area contributed by atoms with Crippen LogP contribution in [0.4, 0.5) is 5.69 Å². The number of carbonyl (C=O) groups excluding carboxylic acids is 1. The molecule has 0 aromatic heterocycles. The normalized spacial score (nSPS) is 20.2. The Morgan fingerprint density at radius 1 is 1.00 bits per heavy atom. The number of aryl methyl sites for hydroxylation is 1. The van der Waals surface area contributed by atoms with Gasteiger partial charge in [0.2, 0.25) is 5.91 Å². The molecule has 0 spiro atoms. The van der Waals surface area contributed by atoms with Crippen molar-refractivity contribution in [3.05, 3.63) is 54.1 Å². The van der Waals surface area contributed by atoms with E-state index in [9.17, 15) is 4.79 Å². The Morgan fingerprint density at radius 3 is 2.27 bits per heavy atom. The fraction of sp³-hybridized carbons (Fsp3) is 0.458. The second kappa shape index (κ2) is 10.1. The number of nitrogens with zero attached hydrogens (tertiary/aromatic N) is 2. The molecule has 2 heterocycles. The molecule has 1 N–H and O–H groups in total. The monoisotopic (exact) mass is 409 g/mol. The molecule has 30 heavy (non-hydrogen) atoms. The van der Waals surface area contributed by atoms with E-state index >= 15 is 0 Å². The lowest BCUT2D eigenvalue weighted by Gasteiger charge is -2.35. The molecular formula is C24H31N3O3. The lowest BCUT2D eigenvalue weighted by Crippen LogP contribution is -2.50. The summed E-state index contributed by atoms with van der Waals surface area (Å²) in [7, 11) is 0. The van der Waals surface area contributed by atoms with E-state index in [1.165, 1.54) is 18.4 Å². The second-order valence-electron chi connectivity index (χ2n) is 8.20. The van der Waals surface area contributed by atoms with Crippen LogP contribution in [0.15, 0.2) is 48.5 Å². The summed E-state index contributed by atoms with van der Waals surface area (Å²) in [5.74, 6) is 1.57. The van der Waals surface area contributed by atoms with Gasteiger partial charge < -0.3 is 14.8 Å². The Morgan fingerprint density at radius 2 is 1.63 bits per heavy atom. The average molecular weight is 410 g/mol. The minimum absolute atomic E-state index is 0.0229. The van der Waals surface area contributed by atoms with E-state index in [2.05, 4.69) is 15.1 Å². The standard InChI is InChI=1S/C24H31N3O3/c1-19-4-8-21(9-5-19)30-22-10-6-20(7-11-22)25-24(28)18-27-14-12-26(13-15-27)17-23-3-2-16-29-23/h4-11,23H,2-3,12-18H2,1H3,(H,25,28)/t23-/m1/s1. The Hall–Kier alpha value is -2.41. The van der Waals surface area contributed by atoms with E-state index in [1.54, 1.807) is 0 Å². The van der Waals surface area contributed by atoms with Gasteiger partial charge in [-0.15, -0.1) is 0 Å². The van der Waals surface area contributed by atoms with Crippen molar-refractivity contribution >= 4 is 11.6 Å². The molecule has 2 fully saturated rings. The summed E-state index contributed by atoms with van der Waals surface area (Å²) in [5, 5.41) is 2.99. The molecule has 0 saturated carbocycles. The molecule has 6 heteroatoms. The molecule has 1 amide bonds. The maximum absolute atomic E-state index is 12.4. The molecule has 2 aromatic rings. The molecule has 2 aromatic carbocycles. The summed E-state index contributed by atoms with van der Waals surface area (Å²) in [4.78, 5) is 17.1. The highest BCUT2D eigenvalue weighted by atomic mass is 16.5. The summed E-state index contributed by atoms with van der Waals surface area (Å²) in [6.45, 7) is 8.24. The van der Waals surface area contributed by atoms with Crippen molar-refractivity contribution in [1.82, 2.24) is 9.80 Å². The molecule has 2 aliphatic rings. The molecule has 0 unspecified atom stereocenters. The van der Waals surface area contributed by atoms with Gasteiger partial charge in [-0.25, -0.2) is 0 Å². The third kappa shape index (κ3) is 6.05.